The Balaban J connectivity index is 1.62. The molecule has 1 amide bonds. The van der Waals surface area contributed by atoms with E-state index in [2.05, 4.69) is 23.8 Å². The van der Waals surface area contributed by atoms with Gasteiger partial charge in [-0.3, -0.25) is 14.4 Å². The number of esters is 2. The first-order chi connectivity index (χ1) is 27.9. The number of aliphatic hydroxyl groups excluding tert-OH is 3. The summed E-state index contributed by atoms with van der Waals surface area (Å²) in [7, 11) is 0. The predicted molar refractivity (Wildman–Crippen MR) is 212 cm³/mol. The summed E-state index contributed by atoms with van der Waals surface area (Å²) in [6, 6.07) is 12.5. The van der Waals surface area contributed by atoms with Crippen molar-refractivity contribution < 1.29 is 58.2 Å². The molecule has 1 aliphatic carbocycles. The molecule has 5 N–H and O–H groups in total. The summed E-state index contributed by atoms with van der Waals surface area (Å²) >= 11 is 0. The van der Waals surface area contributed by atoms with Gasteiger partial charge in [0.25, 0.3) is 5.91 Å². The zero-order chi connectivity index (χ0) is 42.2. The number of ether oxygens (including phenoxy) is 4. The molecule has 1 heterocycles. The lowest BCUT2D eigenvalue weighted by molar-refractivity contribution is -0.142. The van der Waals surface area contributed by atoms with Crippen LogP contribution in [0.4, 0.5) is 4.79 Å². The number of benzene rings is 2. The van der Waals surface area contributed by atoms with Crippen molar-refractivity contribution in [1.29, 1.82) is 5.41 Å². The van der Waals surface area contributed by atoms with Gasteiger partial charge >= 0.3 is 18.1 Å². The second-order valence-electron chi connectivity index (χ2n) is 13.9. The Labute approximate surface area is 336 Å². The summed E-state index contributed by atoms with van der Waals surface area (Å²) in [5.74, 6) is -2.20. The second kappa shape index (κ2) is 22.2. The van der Waals surface area contributed by atoms with E-state index in [9.17, 15) is 34.2 Å². The fourth-order valence-corrected chi connectivity index (χ4v) is 5.78. The average Bonchev–Trinajstić information content (AvgIpc) is 4.06. The predicted octanol–water partition coefficient (Wildman–Crippen LogP) is 5.34. The molecule has 1 fully saturated rings. The summed E-state index contributed by atoms with van der Waals surface area (Å²) in [6.07, 6.45) is 2.80. The number of unbranched alkanes of at least 4 members (excludes halogenated alkanes) is 3. The van der Waals surface area contributed by atoms with Crippen molar-refractivity contribution in [1.82, 2.24) is 10.3 Å². The highest BCUT2D eigenvalue weighted by molar-refractivity contribution is 6.09. The summed E-state index contributed by atoms with van der Waals surface area (Å²) in [6.45, 7) is 6.17. The molecule has 2 aromatic carbocycles. The number of aromatic nitrogens is 1. The summed E-state index contributed by atoms with van der Waals surface area (Å²) in [5.41, 5.74) is 1.84. The number of Topliss-reactive ketones (excluding diaryl/α,β-unsaturated/α-hetero) is 1. The van der Waals surface area contributed by atoms with Crippen molar-refractivity contribution in [3.05, 3.63) is 94.3 Å². The number of carbonyl (C=O) groups excluding carboxylic acids is 5. The molecular formula is C43H51N3O12. The van der Waals surface area contributed by atoms with E-state index in [0.717, 1.165) is 38.5 Å². The smallest absolute Gasteiger partial charge is 0.465 e. The van der Waals surface area contributed by atoms with Crippen molar-refractivity contribution in [2.45, 2.75) is 84.2 Å². The minimum atomic E-state index is -1.55. The molecule has 4 rings (SSSR count). The van der Waals surface area contributed by atoms with Crippen LogP contribution >= 0.6 is 0 Å². The van der Waals surface area contributed by atoms with Crippen molar-refractivity contribution >= 4 is 41.6 Å². The van der Waals surface area contributed by atoms with Crippen LogP contribution in [0.1, 0.15) is 112 Å². The maximum atomic E-state index is 14.1. The number of pyridine rings is 1. The standard InChI is InChI=1S/C43H51N3O12/c1-4-6-7-8-17-55-39(51)21-36(44)30-13-11-27(12-14-30)18-38(50)35-19-29(5-2)31(23-47)20-34(35)33-15-16-37(41(52)45-22-28-9-10-28)46-40(33)42(53)57-26(3)58-43(54)56-25-32(49)24-48/h5,11-16,19-20,26,28,32,44,47-49H,2,4,6-10,17-18,21-25H2,1,3H3,(H,45,52). The molecule has 58 heavy (non-hydrogen) atoms. The van der Waals surface area contributed by atoms with Gasteiger partial charge in [-0.25, -0.2) is 14.6 Å². The maximum absolute atomic E-state index is 14.1. The molecule has 1 aliphatic rings. The number of nitrogens with one attached hydrogen (secondary N) is 2. The Kier molecular flexibility index (Phi) is 17.2. The third kappa shape index (κ3) is 13.4. The van der Waals surface area contributed by atoms with Gasteiger partial charge in [0.15, 0.2) is 11.5 Å². The largest absolute Gasteiger partial charge is 0.511 e. The highest BCUT2D eigenvalue weighted by Crippen LogP contribution is 2.33. The lowest BCUT2D eigenvalue weighted by atomic mass is 9.89. The number of hydrogen-bond donors (Lipinski definition) is 5. The third-order valence-electron chi connectivity index (χ3n) is 9.22. The van der Waals surface area contributed by atoms with Crippen LogP contribution in [0.25, 0.3) is 17.2 Å². The summed E-state index contributed by atoms with van der Waals surface area (Å²) in [5, 5.41) is 39.9. The Bertz CT molecular complexity index is 1960. The highest BCUT2D eigenvalue weighted by Gasteiger charge is 2.28. The first-order valence-electron chi connectivity index (χ1n) is 19.3. The number of nitrogens with zero attached hydrogens (tertiary/aromatic N) is 1. The first-order valence-corrected chi connectivity index (χ1v) is 19.3. The van der Waals surface area contributed by atoms with Gasteiger partial charge in [-0.05, 0) is 77.3 Å². The fraction of sp³-hybridized carbons (Fsp3) is 0.419. The van der Waals surface area contributed by atoms with E-state index < -0.39 is 67.7 Å². The van der Waals surface area contributed by atoms with Crippen LogP contribution in [0, 0.1) is 11.3 Å². The van der Waals surface area contributed by atoms with Crippen molar-refractivity contribution in [3.8, 4) is 11.1 Å². The molecule has 0 spiro atoms. The van der Waals surface area contributed by atoms with Gasteiger partial charge in [0.2, 0.25) is 6.29 Å². The highest BCUT2D eigenvalue weighted by atomic mass is 16.8. The van der Waals surface area contributed by atoms with Crippen molar-refractivity contribution in [2.75, 3.05) is 26.4 Å². The van der Waals surface area contributed by atoms with E-state index >= 15 is 0 Å². The van der Waals surface area contributed by atoms with E-state index in [1.54, 1.807) is 24.3 Å². The minimum absolute atomic E-state index is 0.0688. The van der Waals surface area contributed by atoms with Gasteiger partial charge in [0.1, 0.15) is 18.4 Å². The van der Waals surface area contributed by atoms with Crippen LogP contribution in [-0.2, 0) is 36.8 Å². The third-order valence-corrected chi connectivity index (χ3v) is 9.22. The van der Waals surface area contributed by atoms with E-state index in [1.165, 1.54) is 37.3 Å². The van der Waals surface area contributed by atoms with Crippen LogP contribution < -0.4 is 5.32 Å². The maximum Gasteiger partial charge on any atom is 0.511 e. The minimum Gasteiger partial charge on any atom is -0.465 e. The Hall–Kier alpha value is -5.77. The van der Waals surface area contributed by atoms with Crippen LogP contribution in [0.5, 0.6) is 0 Å². The lowest BCUT2D eigenvalue weighted by Crippen LogP contribution is -2.28. The zero-order valence-corrected chi connectivity index (χ0v) is 32.8. The number of carbonyl (C=O) groups is 5. The van der Waals surface area contributed by atoms with Crippen LogP contribution in [0.3, 0.4) is 0 Å². The molecule has 2 unspecified atom stereocenters. The van der Waals surface area contributed by atoms with Gasteiger partial charge in [-0.2, -0.15) is 0 Å². The Morgan fingerprint density at radius 3 is 2.38 bits per heavy atom. The van der Waals surface area contributed by atoms with E-state index in [0.29, 0.717) is 41.3 Å². The van der Waals surface area contributed by atoms with Gasteiger partial charge in [0, 0.05) is 36.7 Å². The zero-order valence-electron chi connectivity index (χ0n) is 32.8. The number of aliphatic hydroxyl groups is 3. The Morgan fingerprint density at radius 2 is 1.72 bits per heavy atom. The average molecular weight is 802 g/mol. The van der Waals surface area contributed by atoms with Crippen LogP contribution in [0.15, 0.2) is 55.1 Å². The summed E-state index contributed by atoms with van der Waals surface area (Å²) < 4.78 is 20.3. The normalized spacial score (nSPS) is 13.1. The van der Waals surface area contributed by atoms with Gasteiger partial charge < -0.3 is 45.0 Å². The molecule has 1 saturated carbocycles. The molecule has 3 aromatic rings. The summed E-state index contributed by atoms with van der Waals surface area (Å²) in [4.78, 5) is 69.7. The SMILES string of the molecule is C=Cc1cc(C(=O)Cc2ccc(C(=N)CC(=O)OCCCCCC)cc2)c(-c2ccc(C(=O)NCC3CC3)nc2C(=O)OC(C)OC(=O)OCC(O)CO)cc1CO. The van der Waals surface area contributed by atoms with Gasteiger partial charge in [0.05, 0.1) is 26.2 Å². The molecule has 0 aliphatic heterocycles. The van der Waals surface area contributed by atoms with E-state index in [-0.39, 0.29) is 40.9 Å². The van der Waals surface area contributed by atoms with Crippen molar-refractivity contribution in [3.63, 3.8) is 0 Å². The number of amides is 1. The van der Waals surface area contributed by atoms with Gasteiger partial charge in [-0.1, -0.05) is 63.1 Å². The number of rotatable bonds is 23. The van der Waals surface area contributed by atoms with Crippen LogP contribution in [-0.4, -0.2) is 94.6 Å². The molecule has 0 bridgehead atoms. The van der Waals surface area contributed by atoms with Gasteiger partial charge in [-0.15, -0.1) is 0 Å². The number of ketones is 1. The fourth-order valence-electron chi connectivity index (χ4n) is 5.78. The molecule has 2 atom stereocenters. The van der Waals surface area contributed by atoms with Crippen LogP contribution in [0.2, 0.25) is 0 Å². The molecule has 0 saturated heterocycles. The van der Waals surface area contributed by atoms with Crippen molar-refractivity contribution in [2.24, 2.45) is 5.92 Å². The molecule has 0 radical (unpaired) electrons. The molecule has 15 nitrogen and oxygen atoms in total. The Morgan fingerprint density at radius 1 is 0.983 bits per heavy atom. The number of hydrogen-bond acceptors (Lipinski definition) is 14. The molecule has 1 aromatic heterocycles. The van der Waals surface area contributed by atoms with E-state index in [1.807, 2.05) is 0 Å². The first kappa shape index (κ1) is 44.9. The molecule has 15 heteroatoms. The molecule has 310 valence electrons. The molecular weight excluding hydrogens is 750 g/mol. The lowest BCUT2D eigenvalue weighted by Gasteiger charge is -2.18. The monoisotopic (exact) mass is 801 g/mol. The van der Waals surface area contributed by atoms with E-state index in [4.69, 9.17) is 29.5 Å². The second-order valence-corrected chi connectivity index (χ2v) is 13.9. The topological polar surface area (TPSA) is 232 Å². The quantitative estimate of drug-likeness (QED) is 0.0204.